The Bertz CT molecular complexity index is 862. The van der Waals surface area contributed by atoms with Crippen LogP contribution < -0.4 is 5.56 Å². The average molecular weight is 284 g/mol. The van der Waals surface area contributed by atoms with Gasteiger partial charge in [0.1, 0.15) is 17.7 Å². The normalized spacial score (nSPS) is 14.7. The van der Waals surface area contributed by atoms with Gasteiger partial charge in [-0.3, -0.25) is 4.79 Å². The third-order valence-corrected chi connectivity index (χ3v) is 3.76. The third kappa shape index (κ3) is 2.22. The molecule has 3 aromatic rings. The van der Waals surface area contributed by atoms with Gasteiger partial charge >= 0.3 is 0 Å². The Morgan fingerprint density at radius 3 is 2.71 bits per heavy atom. The van der Waals surface area contributed by atoms with Crippen molar-refractivity contribution < 1.29 is 4.39 Å². The highest BCUT2D eigenvalue weighted by atomic mass is 19.1. The van der Waals surface area contributed by atoms with Crippen LogP contribution in [0.2, 0.25) is 0 Å². The first-order valence-electron chi connectivity index (χ1n) is 6.92. The predicted octanol–water partition coefficient (Wildman–Crippen LogP) is 2.11. The molecule has 2 aromatic heterocycles. The van der Waals surface area contributed by atoms with E-state index < -0.39 is 0 Å². The number of aromatic nitrogens is 4. The second-order valence-electron chi connectivity index (χ2n) is 5.43. The van der Waals surface area contributed by atoms with Crippen molar-refractivity contribution in [2.75, 3.05) is 0 Å². The van der Waals surface area contributed by atoms with Crippen molar-refractivity contribution in [3.8, 4) is 11.3 Å². The fourth-order valence-electron chi connectivity index (χ4n) is 2.37. The Hall–Kier alpha value is -2.50. The highest BCUT2D eigenvalue weighted by Gasteiger charge is 2.23. The van der Waals surface area contributed by atoms with Gasteiger partial charge < -0.3 is 0 Å². The molecule has 0 spiro atoms. The van der Waals surface area contributed by atoms with Gasteiger partial charge in [-0.15, -0.1) is 0 Å². The first-order valence-corrected chi connectivity index (χ1v) is 6.92. The van der Waals surface area contributed by atoms with Crippen LogP contribution in [0.25, 0.3) is 16.8 Å². The van der Waals surface area contributed by atoms with Crippen LogP contribution in [0.4, 0.5) is 4.39 Å². The standard InChI is InChI=1S/C15H13FN4O/c16-12-5-3-11(4-6-12)13-7-14-15(21)19(8-10-1-2-10)17-9-20(14)18-13/h3-7,9-10H,1-2,8H2. The molecule has 0 N–H and O–H groups in total. The second kappa shape index (κ2) is 4.51. The molecule has 0 unspecified atom stereocenters. The molecule has 0 atom stereocenters. The zero-order chi connectivity index (χ0) is 14.4. The van der Waals surface area contributed by atoms with Crippen molar-refractivity contribution in [1.29, 1.82) is 0 Å². The van der Waals surface area contributed by atoms with E-state index in [2.05, 4.69) is 10.2 Å². The summed E-state index contributed by atoms with van der Waals surface area (Å²) in [7, 11) is 0. The summed E-state index contributed by atoms with van der Waals surface area (Å²) in [5, 5.41) is 8.48. The topological polar surface area (TPSA) is 52.2 Å². The van der Waals surface area contributed by atoms with Crippen molar-refractivity contribution in [2.45, 2.75) is 19.4 Å². The van der Waals surface area contributed by atoms with Crippen LogP contribution in [0.5, 0.6) is 0 Å². The minimum Gasteiger partial charge on any atom is -0.265 e. The summed E-state index contributed by atoms with van der Waals surface area (Å²) in [6.07, 6.45) is 3.88. The minimum absolute atomic E-state index is 0.134. The lowest BCUT2D eigenvalue weighted by Crippen LogP contribution is -2.25. The van der Waals surface area contributed by atoms with Crippen LogP contribution in [0.15, 0.2) is 41.5 Å². The maximum absolute atomic E-state index is 13.0. The molecule has 4 rings (SSSR count). The van der Waals surface area contributed by atoms with E-state index >= 15 is 0 Å². The van der Waals surface area contributed by atoms with Crippen molar-refractivity contribution in [2.24, 2.45) is 5.92 Å². The molecule has 1 aromatic carbocycles. The van der Waals surface area contributed by atoms with Crippen molar-refractivity contribution >= 4 is 5.52 Å². The lowest BCUT2D eigenvalue weighted by atomic mass is 10.1. The van der Waals surface area contributed by atoms with Crippen LogP contribution >= 0.6 is 0 Å². The molecule has 1 fully saturated rings. The molecule has 0 aliphatic heterocycles. The molecule has 6 heteroatoms. The lowest BCUT2D eigenvalue weighted by Gasteiger charge is -2.01. The van der Waals surface area contributed by atoms with E-state index in [1.807, 2.05) is 0 Å². The van der Waals surface area contributed by atoms with E-state index in [9.17, 15) is 9.18 Å². The number of hydrogen-bond donors (Lipinski definition) is 0. The van der Waals surface area contributed by atoms with E-state index in [1.165, 1.54) is 34.2 Å². The lowest BCUT2D eigenvalue weighted by molar-refractivity contribution is 0.525. The van der Waals surface area contributed by atoms with E-state index in [0.717, 1.165) is 5.56 Å². The molecule has 0 radical (unpaired) electrons. The van der Waals surface area contributed by atoms with Crippen LogP contribution in [0.1, 0.15) is 12.8 Å². The second-order valence-corrected chi connectivity index (χ2v) is 5.43. The van der Waals surface area contributed by atoms with Gasteiger partial charge in [0.15, 0.2) is 0 Å². The quantitative estimate of drug-likeness (QED) is 0.740. The summed E-state index contributed by atoms with van der Waals surface area (Å²) >= 11 is 0. The molecule has 2 heterocycles. The third-order valence-electron chi connectivity index (χ3n) is 3.76. The SMILES string of the molecule is O=c1c2cc(-c3ccc(F)cc3)nn2cnn1CC1CC1. The van der Waals surface area contributed by atoms with Gasteiger partial charge in [0.25, 0.3) is 5.56 Å². The summed E-state index contributed by atoms with van der Waals surface area (Å²) in [6.45, 7) is 0.673. The highest BCUT2D eigenvalue weighted by Crippen LogP contribution is 2.29. The molecule has 1 aliphatic rings. The molecule has 0 saturated heterocycles. The minimum atomic E-state index is -0.295. The predicted molar refractivity (Wildman–Crippen MR) is 75.4 cm³/mol. The number of fused-ring (bicyclic) bond motifs is 1. The number of halogens is 1. The van der Waals surface area contributed by atoms with Gasteiger partial charge in [-0.05, 0) is 49.1 Å². The van der Waals surface area contributed by atoms with E-state index in [-0.39, 0.29) is 11.4 Å². The average Bonchev–Trinajstić information content (AvgIpc) is 3.19. The Labute approximate surface area is 119 Å². The molecule has 1 aliphatic carbocycles. The summed E-state index contributed by atoms with van der Waals surface area (Å²) in [6, 6.07) is 7.77. The van der Waals surface area contributed by atoms with Gasteiger partial charge in [0.05, 0.1) is 5.69 Å². The molecule has 0 bridgehead atoms. The van der Waals surface area contributed by atoms with Gasteiger partial charge in [0.2, 0.25) is 0 Å². The van der Waals surface area contributed by atoms with Crippen LogP contribution in [-0.2, 0) is 6.54 Å². The number of benzene rings is 1. The monoisotopic (exact) mass is 284 g/mol. The fraction of sp³-hybridized carbons (Fsp3) is 0.267. The smallest absolute Gasteiger partial charge is 0.265 e. The Balaban J connectivity index is 1.80. The molecular formula is C15H13FN4O. The number of hydrogen-bond acceptors (Lipinski definition) is 3. The molecule has 1 saturated carbocycles. The van der Waals surface area contributed by atoms with Crippen molar-refractivity contribution in [3.05, 3.63) is 52.8 Å². The molecular weight excluding hydrogens is 271 g/mol. The van der Waals surface area contributed by atoms with Gasteiger partial charge in [-0.25, -0.2) is 13.6 Å². The summed E-state index contributed by atoms with van der Waals surface area (Å²) in [5.74, 6) is 0.285. The Morgan fingerprint density at radius 1 is 1.24 bits per heavy atom. The highest BCUT2D eigenvalue weighted by molar-refractivity contribution is 5.65. The zero-order valence-corrected chi connectivity index (χ0v) is 11.2. The van der Waals surface area contributed by atoms with E-state index in [1.54, 1.807) is 24.5 Å². The van der Waals surface area contributed by atoms with Gasteiger partial charge in [0, 0.05) is 12.1 Å². The summed E-state index contributed by atoms with van der Waals surface area (Å²) < 4.78 is 15.9. The maximum atomic E-state index is 13.0. The van der Waals surface area contributed by atoms with Crippen molar-refractivity contribution in [1.82, 2.24) is 19.4 Å². The Morgan fingerprint density at radius 2 is 2.00 bits per heavy atom. The van der Waals surface area contributed by atoms with E-state index in [0.29, 0.717) is 23.7 Å². The summed E-state index contributed by atoms with van der Waals surface area (Å²) in [4.78, 5) is 12.4. The van der Waals surface area contributed by atoms with Gasteiger partial charge in [-0.2, -0.15) is 10.2 Å². The molecule has 0 amide bonds. The number of rotatable bonds is 3. The van der Waals surface area contributed by atoms with Crippen molar-refractivity contribution in [3.63, 3.8) is 0 Å². The van der Waals surface area contributed by atoms with E-state index in [4.69, 9.17) is 0 Å². The summed E-state index contributed by atoms with van der Waals surface area (Å²) in [5.41, 5.74) is 1.77. The van der Waals surface area contributed by atoms with Crippen LogP contribution in [0, 0.1) is 11.7 Å². The molecule has 21 heavy (non-hydrogen) atoms. The first kappa shape index (κ1) is 12.3. The Kier molecular flexibility index (Phi) is 2.63. The molecule has 106 valence electrons. The van der Waals surface area contributed by atoms with Crippen LogP contribution in [-0.4, -0.2) is 19.4 Å². The number of nitrogens with zero attached hydrogens (tertiary/aromatic N) is 4. The fourth-order valence-corrected chi connectivity index (χ4v) is 2.37. The van der Waals surface area contributed by atoms with Crippen LogP contribution in [0.3, 0.4) is 0 Å². The van der Waals surface area contributed by atoms with Gasteiger partial charge in [-0.1, -0.05) is 0 Å². The zero-order valence-electron chi connectivity index (χ0n) is 11.2. The first-order chi connectivity index (χ1) is 10.2. The largest absolute Gasteiger partial charge is 0.292 e. The maximum Gasteiger partial charge on any atom is 0.292 e. The molecule has 5 nitrogen and oxygen atoms in total.